The Balaban J connectivity index is 0.00000338. The molecule has 2 amide bonds. The second-order valence-corrected chi connectivity index (χ2v) is 8.20. The lowest BCUT2D eigenvalue weighted by atomic mass is 9.90. The summed E-state index contributed by atoms with van der Waals surface area (Å²) >= 11 is 7.75. The van der Waals surface area contributed by atoms with Crippen molar-refractivity contribution in [2.24, 2.45) is 11.1 Å². The zero-order valence-electron chi connectivity index (χ0n) is 15.2. The minimum Gasteiger partial charge on any atom is -0.340 e. The largest absolute Gasteiger partial charge is 0.340 e. The fraction of sp³-hybridized carbons (Fsp3) is 0.556. The molecule has 8 heteroatoms. The van der Waals surface area contributed by atoms with Crippen LogP contribution in [-0.2, 0) is 4.79 Å². The van der Waals surface area contributed by atoms with Crippen LogP contribution >= 0.6 is 35.8 Å². The van der Waals surface area contributed by atoms with Gasteiger partial charge in [-0.2, -0.15) is 11.8 Å². The highest BCUT2D eigenvalue weighted by molar-refractivity contribution is 7.98. The van der Waals surface area contributed by atoms with E-state index in [1.54, 1.807) is 36.0 Å². The van der Waals surface area contributed by atoms with E-state index in [1.807, 2.05) is 11.2 Å². The summed E-state index contributed by atoms with van der Waals surface area (Å²) in [7, 11) is 0. The summed E-state index contributed by atoms with van der Waals surface area (Å²) in [4.78, 5) is 27.3. The van der Waals surface area contributed by atoms with Crippen LogP contribution in [0.2, 0.25) is 5.02 Å². The molecule has 0 radical (unpaired) electrons. The predicted octanol–water partition coefficient (Wildman–Crippen LogP) is 2.81. The van der Waals surface area contributed by atoms with Crippen molar-refractivity contribution in [2.75, 3.05) is 31.6 Å². The van der Waals surface area contributed by atoms with Gasteiger partial charge in [-0.05, 0) is 48.9 Å². The molecule has 1 saturated heterocycles. The molecule has 2 rings (SSSR count). The van der Waals surface area contributed by atoms with E-state index in [4.69, 9.17) is 17.3 Å². The normalized spacial score (nSPS) is 20.4. The zero-order chi connectivity index (χ0) is 18.4. The van der Waals surface area contributed by atoms with Crippen LogP contribution in [0.25, 0.3) is 0 Å². The summed E-state index contributed by atoms with van der Waals surface area (Å²) in [6.07, 6.45) is 3.47. The van der Waals surface area contributed by atoms with E-state index in [1.165, 1.54) is 0 Å². The number of hydrogen-bond donors (Lipinski definition) is 2. The third-order valence-corrected chi connectivity index (χ3v) is 5.67. The number of halogens is 2. The molecule has 1 aliphatic heterocycles. The number of rotatable bonds is 7. The number of amides is 2. The van der Waals surface area contributed by atoms with Gasteiger partial charge < -0.3 is 16.0 Å². The minimum absolute atomic E-state index is 0. The Kier molecular flexibility index (Phi) is 9.24. The standard InChI is InChI=1S/C18H26ClN3O2S.ClH/c1-18(11-20)8-9-22(12-18)17(24)15(7-10-25-2)21-16(23)13-5-3-4-6-14(13)19;/h3-6,15H,7-12,20H2,1-2H3,(H,21,23);1H. The number of nitrogens with two attached hydrogens (primary N) is 1. The lowest BCUT2D eigenvalue weighted by Crippen LogP contribution is -2.49. The van der Waals surface area contributed by atoms with Crippen molar-refractivity contribution in [1.82, 2.24) is 10.2 Å². The molecule has 1 fully saturated rings. The van der Waals surface area contributed by atoms with Gasteiger partial charge >= 0.3 is 0 Å². The first-order valence-corrected chi connectivity index (χ1v) is 10.2. The number of carbonyl (C=O) groups is 2. The third kappa shape index (κ3) is 5.78. The molecule has 0 aliphatic carbocycles. The molecular weight excluding hydrogens is 393 g/mol. The van der Waals surface area contributed by atoms with E-state index in [0.717, 1.165) is 12.2 Å². The molecule has 146 valence electrons. The van der Waals surface area contributed by atoms with Crippen molar-refractivity contribution < 1.29 is 9.59 Å². The van der Waals surface area contributed by atoms with Gasteiger partial charge in [0.05, 0.1) is 10.6 Å². The lowest BCUT2D eigenvalue weighted by Gasteiger charge is -2.26. The third-order valence-electron chi connectivity index (χ3n) is 4.69. The summed E-state index contributed by atoms with van der Waals surface area (Å²) in [5.74, 6) is 0.443. The van der Waals surface area contributed by atoms with Crippen LogP contribution in [0.15, 0.2) is 24.3 Å². The number of nitrogens with zero attached hydrogens (tertiary/aromatic N) is 1. The average Bonchev–Trinajstić information content (AvgIpc) is 3.01. The van der Waals surface area contributed by atoms with Crippen LogP contribution < -0.4 is 11.1 Å². The number of nitrogens with one attached hydrogen (secondary N) is 1. The molecule has 26 heavy (non-hydrogen) atoms. The zero-order valence-corrected chi connectivity index (χ0v) is 17.6. The highest BCUT2D eigenvalue weighted by Gasteiger charge is 2.37. The van der Waals surface area contributed by atoms with Crippen LogP contribution in [0.1, 0.15) is 30.1 Å². The maximum atomic E-state index is 12.9. The summed E-state index contributed by atoms with van der Waals surface area (Å²) < 4.78 is 0. The quantitative estimate of drug-likeness (QED) is 0.712. The maximum absolute atomic E-state index is 12.9. The van der Waals surface area contributed by atoms with E-state index >= 15 is 0 Å². The highest BCUT2D eigenvalue weighted by atomic mass is 35.5. The summed E-state index contributed by atoms with van der Waals surface area (Å²) in [6, 6.07) is 6.31. The van der Waals surface area contributed by atoms with E-state index < -0.39 is 6.04 Å². The smallest absolute Gasteiger partial charge is 0.253 e. The molecular formula is C18H27Cl2N3O2S. The van der Waals surface area contributed by atoms with Crippen LogP contribution in [0.5, 0.6) is 0 Å². The Morgan fingerprint density at radius 2 is 2.12 bits per heavy atom. The van der Waals surface area contributed by atoms with Crippen molar-refractivity contribution in [3.63, 3.8) is 0 Å². The molecule has 2 atom stereocenters. The topological polar surface area (TPSA) is 75.4 Å². The molecule has 1 heterocycles. The van der Waals surface area contributed by atoms with Gasteiger partial charge in [0, 0.05) is 13.1 Å². The summed E-state index contributed by atoms with van der Waals surface area (Å²) in [5, 5.41) is 3.25. The van der Waals surface area contributed by atoms with Crippen molar-refractivity contribution in [3.8, 4) is 0 Å². The fourth-order valence-electron chi connectivity index (χ4n) is 2.97. The van der Waals surface area contributed by atoms with E-state index in [0.29, 0.717) is 36.6 Å². The van der Waals surface area contributed by atoms with Gasteiger partial charge in [0.15, 0.2) is 0 Å². The van der Waals surface area contributed by atoms with Crippen LogP contribution in [-0.4, -0.2) is 54.4 Å². The lowest BCUT2D eigenvalue weighted by molar-refractivity contribution is -0.132. The number of likely N-dealkylation sites (tertiary alicyclic amines) is 1. The Labute approximate surface area is 170 Å². The SMILES string of the molecule is CSCCC(NC(=O)c1ccccc1Cl)C(=O)N1CCC(C)(CN)C1.Cl. The minimum atomic E-state index is -0.545. The number of hydrogen-bond acceptors (Lipinski definition) is 4. The maximum Gasteiger partial charge on any atom is 0.253 e. The second-order valence-electron chi connectivity index (χ2n) is 6.81. The van der Waals surface area contributed by atoms with Gasteiger partial charge in [0.2, 0.25) is 5.91 Å². The van der Waals surface area contributed by atoms with Crippen LogP contribution in [0.4, 0.5) is 0 Å². The highest BCUT2D eigenvalue weighted by Crippen LogP contribution is 2.29. The van der Waals surface area contributed by atoms with Crippen LogP contribution in [0.3, 0.4) is 0 Å². The van der Waals surface area contributed by atoms with E-state index in [2.05, 4.69) is 12.2 Å². The molecule has 0 saturated carbocycles. The molecule has 0 spiro atoms. The molecule has 1 aromatic rings. The monoisotopic (exact) mass is 419 g/mol. The molecule has 1 aliphatic rings. The van der Waals surface area contributed by atoms with Gasteiger partial charge in [-0.25, -0.2) is 0 Å². The number of thioether (sulfide) groups is 1. The Hall–Kier alpha value is -0.950. The first-order valence-electron chi connectivity index (χ1n) is 8.43. The summed E-state index contributed by atoms with van der Waals surface area (Å²) in [5.41, 5.74) is 6.19. The number of carbonyl (C=O) groups excluding carboxylic acids is 2. The van der Waals surface area contributed by atoms with Gasteiger partial charge in [0.25, 0.3) is 5.91 Å². The van der Waals surface area contributed by atoms with Gasteiger partial charge in [-0.15, -0.1) is 12.4 Å². The van der Waals surface area contributed by atoms with Crippen molar-refractivity contribution in [3.05, 3.63) is 34.9 Å². The number of benzene rings is 1. The Morgan fingerprint density at radius 1 is 1.42 bits per heavy atom. The molecule has 0 aromatic heterocycles. The van der Waals surface area contributed by atoms with Crippen LogP contribution in [0, 0.1) is 5.41 Å². The fourth-order valence-corrected chi connectivity index (χ4v) is 3.67. The van der Waals surface area contributed by atoms with Crippen molar-refractivity contribution in [1.29, 1.82) is 0 Å². The first kappa shape index (κ1) is 23.1. The Bertz CT molecular complexity index is 632. The average molecular weight is 420 g/mol. The predicted molar refractivity (Wildman–Crippen MR) is 111 cm³/mol. The first-order chi connectivity index (χ1) is 11.9. The Morgan fingerprint density at radius 3 is 2.69 bits per heavy atom. The molecule has 1 aromatic carbocycles. The molecule has 5 nitrogen and oxygen atoms in total. The van der Waals surface area contributed by atoms with Crippen molar-refractivity contribution in [2.45, 2.75) is 25.8 Å². The second kappa shape index (κ2) is 10.4. The summed E-state index contributed by atoms with van der Waals surface area (Å²) in [6.45, 7) is 3.97. The van der Waals surface area contributed by atoms with Gasteiger partial charge in [0.1, 0.15) is 6.04 Å². The molecule has 0 bridgehead atoms. The molecule has 3 N–H and O–H groups in total. The van der Waals surface area contributed by atoms with Crippen molar-refractivity contribution >= 4 is 47.6 Å². The van der Waals surface area contributed by atoms with Gasteiger partial charge in [-0.1, -0.05) is 30.7 Å². The van der Waals surface area contributed by atoms with E-state index in [9.17, 15) is 9.59 Å². The van der Waals surface area contributed by atoms with Gasteiger partial charge in [-0.3, -0.25) is 9.59 Å². The molecule has 2 unspecified atom stereocenters. The van der Waals surface area contributed by atoms with E-state index in [-0.39, 0.29) is 29.6 Å².